The maximum atomic E-state index is 11.0. The van der Waals surface area contributed by atoms with Crippen LogP contribution < -0.4 is 0 Å². The van der Waals surface area contributed by atoms with Crippen LogP contribution in [0, 0.1) is 0 Å². The van der Waals surface area contributed by atoms with Gasteiger partial charge in [0.05, 0.1) is 0 Å². The van der Waals surface area contributed by atoms with Crippen molar-refractivity contribution in [3.05, 3.63) is 36.5 Å². The number of ether oxygens (including phenoxy) is 2. The molecule has 0 saturated carbocycles. The molecule has 2 atom stereocenters. The third-order valence-corrected chi connectivity index (χ3v) is 2.29. The first-order valence-corrected chi connectivity index (χ1v) is 5.90. The molecule has 0 amide bonds. The number of carboxylic acids is 1. The summed E-state index contributed by atoms with van der Waals surface area (Å²) >= 11 is 0. The van der Waals surface area contributed by atoms with E-state index in [0.29, 0.717) is 6.42 Å². The lowest BCUT2D eigenvalue weighted by Crippen LogP contribution is -2.46. The number of esters is 1. The van der Waals surface area contributed by atoms with E-state index in [4.69, 9.17) is 19.4 Å². The van der Waals surface area contributed by atoms with Crippen LogP contribution in [0.3, 0.4) is 0 Å². The molecule has 0 fully saturated rings. The predicted molar refractivity (Wildman–Crippen MR) is 72.9 cm³/mol. The molecule has 1 aliphatic carbocycles. The summed E-state index contributed by atoms with van der Waals surface area (Å²) in [5, 5.41) is 17.2. The van der Waals surface area contributed by atoms with Crippen molar-refractivity contribution in [3.63, 3.8) is 0 Å². The van der Waals surface area contributed by atoms with E-state index in [-0.39, 0.29) is 0 Å². The van der Waals surface area contributed by atoms with Crippen molar-refractivity contribution in [2.75, 3.05) is 7.11 Å². The van der Waals surface area contributed by atoms with Gasteiger partial charge < -0.3 is 19.7 Å². The van der Waals surface area contributed by atoms with Crippen LogP contribution >= 0.6 is 0 Å². The fourth-order valence-electron chi connectivity index (χ4n) is 1.57. The fourth-order valence-corrected chi connectivity index (χ4v) is 1.57. The Morgan fingerprint density at radius 2 is 2.05 bits per heavy atom. The largest absolute Gasteiger partial charge is 0.481 e. The average Bonchev–Trinajstić information content (AvgIpc) is 2.32. The smallest absolute Gasteiger partial charge is 0.305 e. The highest BCUT2D eigenvalue weighted by molar-refractivity contribution is 5.67. The molecule has 1 aliphatic rings. The van der Waals surface area contributed by atoms with E-state index in [0.717, 1.165) is 12.5 Å². The molecular weight excluding hydrogens is 264 g/mol. The third-order valence-electron chi connectivity index (χ3n) is 2.29. The van der Waals surface area contributed by atoms with Crippen molar-refractivity contribution < 1.29 is 29.3 Å². The third kappa shape index (κ3) is 5.81. The number of aliphatic hydroxyl groups is 1. The molecule has 6 heteroatoms. The van der Waals surface area contributed by atoms with Gasteiger partial charge in [0, 0.05) is 21.0 Å². The number of methoxy groups -OCH3 is 1. The van der Waals surface area contributed by atoms with Gasteiger partial charge in [0.1, 0.15) is 6.10 Å². The fraction of sp³-hybridized carbons (Fsp3) is 0.429. The Morgan fingerprint density at radius 3 is 2.45 bits per heavy atom. The van der Waals surface area contributed by atoms with Gasteiger partial charge in [0.15, 0.2) is 0 Å². The number of carbonyl (C=O) groups excluding carboxylic acids is 1. The lowest BCUT2D eigenvalue weighted by molar-refractivity contribution is -0.225. The summed E-state index contributed by atoms with van der Waals surface area (Å²) in [6, 6.07) is 0. The maximum absolute atomic E-state index is 11.0. The van der Waals surface area contributed by atoms with Crippen LogP contribution in [0.4, 0.5) is 0 Å². The average molecular weight is 284 g/mol. The summed E-state index contributed by atoms with van der Waals surface area (Å²) in [4.78, 5) is 20.0. The van der Waals surface area contributed by atoms with E-state index < -0.39 is 23.8 Å². The maximum Gasteiger partial charge on any atom is 0.305 e. The first-order valence-electron chi connectivity index (χ1n) is 5.90. The van der Waals surface area contributed by atoms with Gasteiger partial charge in [-0.2, -0.15) is 0 Å². The summed E-state index contributed by atoms with van der Waals surface area (Å²) in [5.41, 5.74) is 0.878. The summed E-state index contributed by atoms with van der Waals surface area (Å²) in [6.07, 6.45) is 6.23. The highest BCUT2D eigenvalue weighted by Gasteiger charge is 2.40. The van der Waals surface area contributed by atoms with Crippen LogP contribution in [0.1, 0.15) is 20.3 Å². The number of hydrogen-bond acceptors (Lipinski definition) is 5. The van der Waals surface area contributed by atoms with Crippen LogP contribution in [0.2, 0.25) is 0 Å². The lowest BCUT2D eigenvalue weighted by atomic mass is 9.97. The molecule has 0 aromatic heterocycles. The van der Waals surface area contributed by atoms with Gasteiger partial charge in [-0.25, -0.2) is 0 Å². The van der Waals surface area contributed by atoms with Gasteiger partial charge in [0.2, 0.25) is 0 Å². The lowest BCUT2D eigenvalue weighted by Gasteiger charge is -2.34. The van der Waals surface area contributed by atoms with Gasteiger partial charge in [-0.3, -0.25) is 9.59 Å². The molecule has 1 rings (SSSR count). The second kappa shape index (κ2) is 8.29. The van der Waals surface area contributed by atoms with Gasteiger partial charge in [0.25, 0.3) is 11.8 Å². The van der Waals surface area contributed by atoms with Crippen LogP contribution in [0.25, 0.3) is 0 Å². The highest BCUT2D eigenvalue weighted by Crippen LogP contribution is 2.28. The molecule has 20 heavy (non-hydrogen) atoms. The Morgan fingerprint density at radius 1 is 1.50 bits per heavy atom. The summed E-state index contributed by atoms with van der Waals surface area (Å²) in [6.45, 7) is 5.98. The number of carboxylic acid groups (broad SMARTS) is 1. The summed E-state index contributed by atoms with van der Waals surface area (Å²) < 4.78 is 10.2. The Hall–Kier alpha value is -1.92. The number of aliphatic hydroxyl groups excluding tert-OH is 1. The minimum Gasteiger partial charge on any atom is -0.481 e. The zero-order chi connectivity index (χ0) is 15.8. The van der Waals surface area contributed by atoms with Gasteiger partial charge in [-0.05, 0) is 24.1 Å². The number of carbonyl (C=O) groups is 2. The molecule has 0 spiro atoms. The van der Waals surface area contributed by atoms with Gasteiger partial charge in [-0.15, -0.1) is 6.58 Å². The van der Waals surface area contributed by atoms with Gasteiger partial charge >= 0.3 is 5.97 Å². The molecular formula is C14H20O6. The van der Waals surface area contributed by atoms with E-state index in [1.54, 1.807) is 18.2 Å². The Bertz CT molecular complexity index is 419. The number of allylic oxidation sites excluding steroid dienone is 3. The van der Waals surface area contributed by atoms with Crippen LogP contribution in [0.5, 0.6) is 0 Å². The molecule has 0 saturated heterocycles. The second-order valence-corrected chi connectivity index (χ2v) is 4.05. The van der Waals surface area contributed by atoms with Crippen molar-refractivity contribution >= 4 is 11.9 Å². The highest BCUT2D eigenvalue weighted by atomic mass is 16.7. The molecule has 0 aromatic rings. The molecule has 2 N–H and O–H groups in total. The van der Waals surface area contributed by atoms with Crippen LogP contribution in [-0.4, -0.2) is 41.2 Å². The zero-order valence-corrected chi connectivity index (χ0v) is 11.8. The van der Waals surface area contributed by atoms with Gasteiger partial charge in [-0.1, -0.05) is 12.2 Å². The van der Waals surface area contributed by atoms with E-state index >= 15 is 0 Å². The first kappa shape index (κ1) is 18.1. The minimum atomic E-state index is -1.42. The monoisotopic (exact) mass is 284 g/mol. The van der Waals surface area contributed by atoms with Crippen molar-refractivity contribution in [1.82, 2.24) is 0 Å². The SMILES string of the molecule is C=CCC1=CC(OC)(OC(C)=O)C(O)C=C1.CC(=O)O. The van der Waals surface area contributed by atoms with Crippen molar-refractivity contribution in [2.45, 2.75) is 32.2 Å². The molecule has 6 nitrogen and oxygen atoms in total. The molecule has 0 heterocycles. The zero-order valence-electron chi connectivity index (χ0n) is 11.8. The first-order chi connectivity index (χ1) is 9.27. The normalized spacial score (nSPS) is 24.0. The molecule has 112 valence electrons. The molecule has 0 aliphatic heterocycles. The molecule has 0 radical (unpaired) electrons. The summed E-state index contributed by atoms with van der Waals surface area (Å²) in [5.74, 6) is -2.76. The Labute approximate surface area is 118 Å². The van der Waals surface area contributed by atoms with Crippen LogP contribution in [-0.2, 0) is 19.1 Å². The molecule has 0 bridgehead atoms. The van der Waals surface area contributed by atoms with Crippen molar-refractivity contribution in [2.24, 2.45) is 0 Å². The number of hydrogen-bond donors (Lipinski definition) is 2. The molecule has 0 aromatic carbocycles. The molecule has 2 unspecified atom stereocenters. The Kier molecular flexibility index (Phi) is 7.49. The van der Waals surface area contributed by atoms with E-state index in [1.807, 2.05) is 0 Å². The minimum absolute atomic E-state index is 0.509. The van der Waals surface area contributed by atoms with Crippen molar-refractivity contribution in [1.29, 1.82) is 0 Å². The standard InChI is InChI=1S/C12H16O4.C2H4O2/c1-4-5-10-6-7-11(14)12(8-10,15-3)16-9(2)13;1-2(3)4/h4,6-8,11,14H,1,5H2,2-3H3;1H3,(H,3,4). The van der Waals surface area contributed by atoms with E-state index in [9.17, 15) is 9.90 Å². The van der Waals surface area contributed by atoms with Crippen molar-refractivity contribution in [3.8, 4) is 0 Å². The number of rotatable bonds is 4. The summed E-state index contributed by atoms with van der Waals surface area (Å²) in [7, 11) is 1.38. The topological polar surface area (TPSA) is 93.1 Å². The number of aliphatic carboxylic acids is 1. The van der Waals surface area contributed by atoms with E-state index in [1.165, 1.54) is 20.1 Å². The second-order valence-electron chi connectivity index (χ2n) is 4.05. The van der Waals surface area contributed by atoms with Crippen LogP contribution in [0.15, 0.2) is 36.5 Å². The quantitative estimate of drug-likeness (QED) is 0.460. The van der Waals surface area contributed by atoms with E-state index in [2.05, 4.69) is 6.58 Å². The Balaban J connectivity index is 0.000000796. The predicted octanol–water partition coefficient (Wildman–Crippen LogP) is 1.42.